The molecule has 2 heterocycles. The monoisotopic (exact) mass is 306 g/mol. The van der Waals surface area contributed by atoms with Gasteiger partial charge in [0.1, 0.15) is 15.9 Å². The van der Waals surface area contributed by atoms with Crippen molar-refractivity contribution in [1.29, 1.82) is 0 Å². The van der Waals surface area contributed by atoms with Crippen LogP contribution in [0.2, 0.25) is 0 Å². The molecule has 0 spiro atoms. The van der Waals surface area contributed by atoms with Gasteiger partial charge in [0.15, 0.2) is 0 Å². The second-order valence-electron chi connectivity index (χ2n) is 5.27. The first-order chi connectivity index (χ1) is 9.28. The van der Waals surface area contributed by atoms with Crippen LogP contribution in [0.15, 0.2) is 0 Å². The fraction of sp³-hybridized carbons (Fsp3) is 0.818. The Labute approximate surface area is 116 Å². The van der Waals surface area contributed by atoms with E-state index >= 15 is 0 Å². The topological polar surface area (TPSA) is 124 Å². The lowest BCUT2D eigenvalue weighted by Crippen LogP contribution is -2.50. The molecule has 0 aromatic heterocycles. The van der Waals surface area contributed by atoms with Crippen molar-refractivity contribution in [3.63, 3.8) is 0 Å². The van der Waals surface area contributed by atoms with E-state index in [4.69, 9.17) is 5.11 Å². The van der Waals surface area contributed by atoms with Gasteiger partial charge in [0, 0.05) is 19.0 Å². The van der Waals surface area contributed by atoms with Crippen LogP contribution in [0.1, 0.15) is 19.3 Å². The summed E-state index contributed by atoms with van der Waals surface area (Å²) >= 11 is 0. The molecule has 8 nitrogen and oxygen atoms in total. The van der Waals surface area contributed by atoms with E-state index in [1.165, 1.54) is 0 Å². The summed E-state index contributed by atoms with van der Waals surface area (Å²) in [4.78, 5) is 24.1. The lowest BCUT2D eigenvalue weighted by molar-refractivity contribution is -0.141. The van der Waals surface area contributed by atoms with Gasteiger partial charge in [0.25, 0.3) is 0 Å². The number of carboxylic acids is 1. The van der Waals surface area contributed by atoms with Gasteiger partial charge in [0.2, 0.25) is 0 Å². The Morgan fingerprint density at radius 1 is 1.20 bits per heavy atom. The highest BCUT2D eigenvalue weighted by molar-refractivity contribution is 7.91. The summed E-state index contributed by atoms with van der Waals surface area (Å²) < 4.78 is 22.6. The summed E-state index contributed by atoms with van der Waals surface area (Å²) in [6.45, 7) is -0.0200. The largest absolute Gasteiger partial charge is 0.480 e. The van der Waals surface area contributed by atoms with E-state index in [9.17, 15) is 23.1 Å². The fourth-order valence-electron chi connectivity index (χ4n) is 2.56. The van der Waals surface area contributed by atoms with Crippen molar-refractivity contribution in [2.75, 3.05) is 18.1 Å². The number of carboxylic acid groups (broad SMARTS) is 1. The van der Waals surface area contributed by atoms with Crippen molar-refractivity contribution in [2.45, 2.75) is 37.5 Å². The normalized spacial score (nSPS) is 30.1. The SMILES string of the molecule is O=C(O)[C@H]1C[C@@H](O)CN1C(=O)NC1CCS(=O)(=O)CC1. The number of aliphatic hydroxyl groups excluding tert-OH is 1. The summed E-state index contributed by atoms with van der Waals surface area (Å²) in [5.41, 5.74) is 0. The number of β-amino-alcohol motifs (C(OH)–C–C–N with tert-alkyl or cyclic N) is 1. The van der Waals surface area contributed by atoms with Crippen LogP contribution < -0.4 is 5.32 Å². The van der Waals surface area contributed by atoms with Gasteiger partial charge in [0.05, 0.1) is 17.6 Å². The third-order valence-corrected chi connectivity index (χ3v) is 5.42. The van der Waals surface area contributed by atoms with Gasteiger partial charge in [-0.3, -0.25) is 0 Å². The van der Waals surface area contributed by atoms with Crippen LogP contribution in [-0.4, -0.2) is 71.8 Å². The molecular weight excluding hydrogens is 288 g/mol. The Hall–Kier alpha value is -1.35. The molecule has 2 fully saturated rings. The Kier molecular flexibility index (Phi) is 4.19. The van der Waals surface area contributed by atoms with Gasteiger partial charge in [-0.05, 0) is 12.8 Å². The minimum atomic E-state index is -3.00. The van der Waals surface area contributed by atoms with Crippen LogP contribution in [0.4, 0.5) is 4.79 Å². The Morgan fingerprint density at radius 3 is 2.35 bits per heavy atom. The summed E-state index contributed by atoms with van der Waals surface area (Å²) in [7, 11) is -3.00. The highest BCUT2D eigenvalue weighted by Gasteiger charge is 2.39. The number of rotatable bonds is 2. The number of carbonyl (C=O) groups is 2. The molecule has 0 bridgehead atoms. The highest BCUT2D eigenvalue weighted by Crippen LogP contribution is 2.19. The van der Waals surface area contributed by atoms with Gasteiger partial charge >= 0.3 is 12.0 Å². The molecule has 9 heteroatoms. The number of hydrogen-bond donors (Lipinski definition) is 3. The number of carbonyl (C=O) groups excluding carboxylic acids is 1. The van der Waals surface area contributed by atoms with E-state index < -0.39 is 34.0 Å². The molecule has 2 amide bonds. The van der Waals surface area contributed by atoms with Crippen molar-refractivity contribution in [1.82, 2.24) is 10.2 Å². The van der Waals surface area contributed by atoms with Crippen LogP contribution in [0.25, 0.3) is 0 Å². The number of urea groups is 1. The predicted octanol–water partition coefficient (Wildman–Crippen LogP) is -1.21. The smallest absolute Gasteiger partial charge is 0.326 e. The number of amides is 2. The zero-order valence-corrected chi connectivity index (χ0v) is 11.7. The summed E-state index contributed by atoms with van der Waals surface area (Å²) in [6, 6.07) is -1.85. The lowest BCUT2D eigenvalue weighted by atomic mass is 10.1. The molecule has 0 aromatic carbocycles. The zero-order valence-electron chi connectivity index (χ0n) is 10.9. The molecule has 0 aliphatic carbocycles. The average Bonchev–Trinajstić information content (AvgIpc) is 2.74. The van der Waals surface area contributed by atoms with E-state index in [2.05, 4.69) is 5.32 Å². The molecule has 2 atom stereocenters. The Balaban J connectivity index is 1.93. The Morgan fingerprint density at radius 2 is 1.80 bits per heavy atom. The summed E-state index contributed by atoms with van der Waals surface area (Å²) in [5, 5.41) is 21.1. The maximum atomic E-state index is 12.0. The molecule has 2 saturated heterocycles. The number of nitrogens with zero attached hydrogens (tertiary/aromatic N) is 1. The molecule has 3 N–H and O–H groups in total. The van der Waals surface area contributed by atoms with Crippen molar-refractivity contribution in [2.24, 2.45) is 0 Å². The molecule has 114 valence electrons. The van der Waals surface area contributed by atoms with Crippen LogP contribution in [0.3, 0.4) is 0 Å². The number of aliphatic carboxylic acids is 1. The van der Waals surface area contributed by atoms with Crippen molar-refractivity contribution >= 4 is 21.8 Å². The summed E-state index contributed by atoms with van der Waals surface area (Å²) in [5.74, 6) is -1.09. The van der Waals surface area contributed by atoms with Crippen molar-refractivity contribution in [3.05, 3.63) is 0 Å². The number of aliphatic hydroxyl groups is 1. The first-order valence-corrected chi connectivity index (χ1v) is 8.29. The molecule has 2 aliphatic heterocycles. The van der Waals surface area contributed by atoms with Gasteiger partial charge < -0.3 is 20.4 Å². The molecule has 0 aromatic rings. The van der Waals surface area contributed by atoms with Crippen LogP contribution >= 0.6 is 0 Å². The maximum Gasteiger partial charge on any atom is 0.326 e. The van der Waals surface area contributed by atoms with E-state index in [1.54, 1.807) is 0 Å². The minimum Gasteiger partial charge on any atom is -0.480 e. The van der Waals surface area contributed by atoms with Crippen LogP contribution in [-0.2, 0) is 14.6 Å². The summed E-state index contributed by atoms with van der Waals surface area (Å²) in [6.07, 6.45) is -0.153. The second kappa shape index (κ2) is 5.57. The molecule has 2 rings (SSSR count). The average molecular weight is 306 g/mol. The second-order valence-corrected chi connectivity index (χ2v) is 7.58. The molecule has 0 radical (unpaired) electrons. The van der Waals surface area contributed by atoms with E-state index in [0.29, 0.717) is 12.8 Å². The minimum absolute atomic E-state index is 0.0157. The molecule has 0 saturated carbocycles. The first kappa shape index (κ1) is 15.0. The van der Waals surface area contributed by atoms with Gasteiger partial charge in [-0.15, -0.1) is 0 Å². The molecular formula is C11H18N2O6S. The number of nitrogens with one attached hydrogen (secondary N) is 1. The quantitative estimate of drug-likeness (QED) is 0.588. The lowest BCUT2D eigenvalue weighted by Gasteiger charge is -2.27. The number of likely N-dealkylation sites (tertiary alicyclic amines) is 1. The Bertz CT molecular complexity index is 491. The van der Waals surface area contributed by atoms with Gasteiger partial charge in [-0.25, -0.2) is 18.0 Å². The van der Waals surface area contributed by atoms with E-state index in [1.807, 2.05) is 0 Å². The standard InChI is InChI=1S/C11H18N2O6S/c14-8-5-9(10(15)16)13(6-8)11(17)12-7-1-3-20(18,19)4-2-7/h7-9,14H,1-6H2,(H,12,17)(H,15,16)/t8-,9-/m1/s1. The maximum absolute atomic E-state index is 12.0. The van der Waals surface area contributed by atoms with Crippen molar-refractivity contribution in [3.8, 4) is 0 Å². The third kappa shape index (κ3) is 3.40. The molecule has 0 unspecified atom stereocenters. The van der Waals surface area contributed by atoms with Crippen molar-refractivity contribution < 1.29 is 28.2 Å². The number of hydrogen-bond acceptors (Lipinski definition) is 5. The molecule has 20 heavy (non-hydrogen) atoms. The van der Waals surface area contributed by atoms with E-state index in [-0.39, 0.29) is 30.5 Å². The highest BCUT2D eigenvalue weighted by atomic mass is 32.2. The predicted molar refractivity (Wildman–Crippen MR) is 69.0 cm³/mol. The van der Waals surface area contributed by atoms with Gasteiger partial charge in [-0.2, -0.15) is 0 Å². The number of sulfone groups is 1. The zero-order chi connectivity index (χ0) is 14.9. The van der Waals surface area contributed by atoms with Gasteiger partial charge in [-0.1, -0.05) is 0 Å². The van der Waals surface area contributed by atoms with Crippen LogP contribution in [0.5, 0.6) is 0 Å². The fourth-order valence-corrected chi connectivity index (χ4v) is 4.06. The first-order valence-electron chi connectivity index (χ1n) is 6.47. The third-order valence-electron chi connectivity index (χ3n) is 3.71. The van der Waals surface area contributed by atoms with E-state index in [0.717, 1.165) is 4.90 Å². The molecule has 2 aliphatic rings. The van der Waals surface area contributed by atoms with Crippen LogP contribution in [0, 0.1) is 0 Å².